The minimum absolute atomic E-state index is 0.0213. The van der Waals surface area contributed by atoms with Gasteiger partial charge in [0.05, 0.1) is 0 Å². The molecule has 0 aliphatic carbocycles. The minimum Gasteiger partial charge on any atom is -0.409 e. The average Bonchev–Trinajstić information content (AvgIpc) is 2.80. The fraction of sp³-hybridized carbons (Fsp3) is 0.250. The first-order chi connectivity index (χ1) is 9.67. The lowest BCUT2D eigenvalue weighted by Crippen LogP contribution is -2.17. The Kier molecular flexibility index (Phi) is 4.46. The van der Waals surface area contributed by atoms with Crippen LogP contribution < -0.4 is 11.4 Å². The number of nitrogens with two attached hydrogens (primary N) is 1. The van der Waals surface area contributed by atoms with Crippen molar-refractivity contribution < 1.29 is 5.21 Å². The number of aromatic nitrogens is 3. The third-order valence-electron chi connectivity index (χ3n) is 2.64. The first-order valence-electron chi connectivity index (χ1n) is 6.07. The molecule has 0 aliphatic rings. The Bertz CT molecular complexity index is 676. The zero-order valence-electron chi connectivity index (χ0n) is 10.9. The van der Waals surface area contributed by atoms with Gasteiger partial charge in [0.1, 0.15) is 0 Å². The smallest absolute Gasteiger partial charge is 0.343 e. The van der Waals surface area contributed by atoms with Crippen LogP contribution in [0.15, 0.2) is 44.3 Å². The Hall–Kier alpha value is -2.22. The molecule has 0 radical (unpaired) electrons. The Morgan fingerprint density at radius 2 is 2.30 bits per heavy atom. The quantitative estimate of drug-likeness (QED) is 0.332. The SMILES string of the molecule is CCCn1c(Sc2ccccc2C(N)=NO)n[nH]c1=O. The van der Waals surface area contributed by atoms with E-state index in [0.29, 0.717) is 17.3 Å². The van der Waals surface area contributed by atoms with Crippen LogP contribution in [0.2, 0.25) is 0 Å². The summed E-state index contributed by atoms with van der Waals surface area (Å²) in [5, 5.41) is 18.8. The monoisotopic (exact) mass is 293 g/mol. The number of benzene rings is 1. The third kappa shape index (κ3) is 2.85. The Balaban J connectivity index is 2.38. The van der Waals surface area contributed by atoms with Crippen LogP contribution in [0.5, 0.6) is 0 Å². The molecule has 0 unspecified atom stereocenters. The molecule has 106 valence electrons. The standard InChI is InChI=1S/C12H15N5O2S/c1-2-7-17-11(18)14-15-12(17)20-9-6-4-3-5-8(9)10(13)16-19/h3-6,19H,2,7H2,1H3,(H2,13,16)(H,14,18). The highest BCUT2D eigenvalue weighted by molar-refractivity contribution is 7.99. The summed E-state index contributed by atoms with van der Waals surface area (Å²) in [4.78, 5) is 12.4. The van der Waals surface area contributed by atoms with Crippen LogP contribution in [0.4, 0.5) is 0 Å². The normalized spacial score (nSPS) is 11.8. The summed E-state index contributed by atoms with van der Waals surface area (Å²) in [6, 6.07) is 7.20. The number of oxime groups is 1. The summed E-state index contributed by atoms with van der Waals surface area (Å²) >= 11 is 1.29. The number of rotatable bonds is 5. The maximum Gasteiger partial charge on any atom is 0.343 e. The van der Waals surface area contributed by atoms with E-state index in [-0.39, 0.29) is 11.5 Å². The van der Waals surface area contributed by atoms with Gasteiger partial charge in [0.25, 0.3) is 0 Å². The number of H-pyrrole nitrogens is 1. The lowest BCUT2D eigenvalue weighted by molar-refractivity contribution is 0.318. The van der Waals surface area contributed by atoms with Crippen molar-refractivity contribution in [3.63, 3.8) is 0 Å². The number of amidine groups is 1. The van der Waals surface area contributed by atoms with Crippen LogP contribution in [0.25, 0.3) is 0 Å². The second kappa shape index (κ2) is 6.29. The molecule has 7 nitrogen and oxygen atoms in total. The average molecular weight is 293 g/mol. The molecule has 1 aromatic carbocycles. The number of nitrogens with zero attached hydrogens (tertiary/aromatic N) is 3. The van der Waals surface area contributed by atoms with E-state index in [1.54, 1.807) is 16.7 Å². The molecule has 0 spiro atoms. The first-order valence-corrected chi connectivity index (χ1v) is 6.89. The second-order valence-corrected chi connectivity index (χ2v) is 5.06. The van der Waals surface area contributed by atoms with E-state index < -0.39 is 0 Å². The van der Waals surface area contributed by atoms with Gasteiger partial charge >= 0.3 is 5.69 Å². The highest BCUT2D eigenvalue weighted by atomic mass is 32.2. The molecule has 0 aliphatic heterocycles. The first kappa shape index (κ1) is 14.2. The Labute approximate surface area is 119 Å². The Morgan fingerprint density at radius 1 is 1.55 bits per heavy atom. The molecule has 0 bridgehead atoms. The van der Waals surface area contributed by atoms with E-state index in [0.717, 1.165) is 11.3 Å². The van der Waals surface area contributed by atoms with Crippen molar-refractivity contribution in [3.8, 4) is 0 Å². The van der Waals surface area contributed by atoms with Gasteiger partial charge in [0.15, 0.2) is 11.0 Å². The summed E-state index contributed by atoms with van der Waals surface area (Å²) in [6.07, 6.45) is 0.828. The summed E-state index contributed by atoms with van der Waals surface area (Å²) in [5.74, 6) is 0.0213. The lowest BCUT2D eigenvalue weighted by atomic mass is 10.2. The maximum atomic E-state index is 11.6. The molecule has 0 saturated heterocycles. The van der Waals surface area contributed by atoms with Crippen molar-refractivity contribution in [2.75, 3.05) is 0 Å². The van der Waals surface area contributed by atoms with Gasteiger partial charge in [-0.3, -0.25) is 4.57 Å². The van der Waals surface area contributed by atoms with Gasteiger partial charge in [0, 0.05) is 17.0 Å². The Morgan fingerprint density at radius 3 is 3.00 bits per heavy atom. The van der Waals surface area contributed by atoms with Crippen LogP contribution >= 0.6 is 11.8 Å². The fourth-order valence-electron chi connectivity index (χ4n) is 1.72. The molecule has 0 amide bonds. The summed E-state index contributed by atoms with van der Waals surface area (Å²) in [7, 11) is 0. The van der Waals surface area contributed by atoms with Gasteiger partial charge in [0.2, 0.25) is 0 Å². The van der Waals surface area contributed by atoms with Gasteiger partial charge in [-0.05, 0) is 24.2 Å². The summed E-state index contributed by atoms with van der Waals surface area (Å²) in [6.45, 7) is 2.57. The number of hydrogen-bond donors (Lipinski definition) is 3. The van der Waals surface area contributed by atoms with Crippen LogP contribution in [0.1, 0.15) is 18.9 Å². The van der Waals surface area contributed by atoms with Gasteiger partial charge in [-0.25, -0.2) is 9.89 Å². The summed E-state index contributed by atoms with van der Waals surface area (Å²) < 4.78 is 1.56. The molecular formula is C12H15N5O2S. The molecule has 0 atom stereocenters. The molecule has 1 aromatic heterocycles. The molecule has 4 N–H and O–H groups in total. The van der Waals surface area contributed by atoms with E-state index in [4.69, 9.17) is 10.9 Å². The molecule has 8 heteroatoms. The van der Waals surface area contributed by atoms with E-state index >= 15 is 0 Å². The van der Waals surface area contributed by atoms with Gasteiger partial charge < -0.3 is 10.9 Å². The lowest BCUT2D eigenvalue weighted by Gasteiger charge is -2.07. The topological polar surface area (TPSA) is 109 Å². The third-order valence-corrected chi connectivity index (χ3v) is 3.71. The van der Waals surface area contributed by atoms with Crippen LogP contribution in [0.3, 0.4) is 0 Å². The predicted octanol–water partition coefficient (Wildman–Crippen LogP) is 1.23. The number of aromatic amines is 1. The fourth-order valence-corrected chi connectivity index (χ4v) is 2.72. The maximum absolute atomic E-state index is 11.6. The molecule has 1 heterocycles. The van der Waals surface area contributed by atoms with E-state index in [1.165, 1.54) is 11.8 Å². The van der Waals surface area contributed by atoms with Crippen molar-refractivity contribution in [2.24, 2.45) is 10.9 Å². The van der Waals surface area contributed by atoms with Crippen molar-refractivity contribution >= 4 is 17.6 Å². The molecule has 0 fully saturated rings. The van der Waals surface area contributed by atoms with Crippen molar-refractivity contribution in [1.29, 1.82) is 0 Å². The minimum atomic E-state index is -0.240. The molecule has 2 aromatic rings. The molecule has 2 rings (SSSR count). The van der Waals surface area contributed by atoms with Crippen LogP contribution in [-0.4, -0.2) is 25.8 Å². The zero-order chi connectivity index (χ0) is 14.5. The molecule has 20 heavy (non-hydrogen) atoms. The zero-order valence-corrected chi connectivity index (χ0v) is 11.7. The van der Waals surface area contributed by atoms with Gasteiger partial charge in [-0.2, -0.15) is 0 Å². The van der Waals surface area contributed by atoms with E-state index in [9.17, 15) is 4.79 Å². The largest absolute Gasteiger partial charge is 0.409 e. The number of hydrogen-bond acceptors (Lipinski definition) is 5. The highest BCUT2D eigenvalue weighted by Crippen LogP contribution is 2.28. The van der Waals surface area contributed by atoms with Gasteiger partial charge in [-0.15, -0.1) is 5.10 Å². The van der Waals surface area contributed by atoms with Crippen molar-refractivity contribution in [2.45, 2.75) is 29.9 Å². The predicted molar refractivity (Wildman–Crippen MR) is 76.2 cm³/mol. The number of nitrogens with one attached hydrogen (secondary N) is 1. The summed E-state index contributed by atoms with van der Waals surface area (Å²) in [5.41, 5.74) is 6.00. The van der Waals surface area contributed by atoms with Crippen LogP contribution in [-0.2, 0) is 6.54 Å². The van der Waals surface area contributed by atoms with E-state index in [2.05, 4.69) is 15.4 Å². The second-order valence-electron chi connectivity index (χ2n) is 4.05. The highest BCUT2D eigenvalue weighted by Gasteiger charge is 2.13. The van der Waals surface area contributed by atoms with Crippen molar-refractivity contribution in [1.82, 2.24) is 14.8 Å². The van der Waals surface area contributed by atoms with Crippen molar-refractivity contribution in [3.05, 3.63) is 40.3 Å². The van der Waals surface area contributed by atoms with E-state index in [1.807, 2.05) is 19.1 Å². The molecule has 0 saturated carbocycles. The van der Waals surface area contributed by atoms with Gasteiger partial charge in [-0.1, -0.05) is 30.3 Å². The van der Waals surface area contributed by atoms with Crippen LogP contribution in [0, 0.1) is 0 Å². The molecular weight excluding hydrogens is 278 g/mol.